The molecular weight excluding hydrogens is 258 g/mol. The lowest BCUT2D eigenvalue weighted by Crippen LogP contribution is -2.06. The van der Waals surface area contributed by atoms with Crippen LogP contribution in [-0.2, 0) is 12.8 Å². The van der Waals surface area contributed by atoms with Crippen molar-refractivity contribution >= 4 is 5.69 Å². The van der Waals surface area contributed by atoms with E-state index in [2.05, 4.69) is 61.6 Å². The summed E-state index contributed by atoms with van der Waals surface area (Å²) in [6.45, 7) is 5.24. The van der Waals surface area contributed by atoms with Crippen molar-refractivity contribution in [1.82, 2.24) is 0 Å². The number of benzene rings is 2. The van der Waals surface area contributed by atoms with Gasteiger partial charge >= 0.3 is 0 Å². The maximum absolute atomic E-state index is 5.57. The Balaban J connectivity index is 1.69. The molecule has 3 rings (SSSR count). The summed E-state index contributed by atoms with van der Waals surface area (Å²) >= 11 is 0. The number of anilines is 1. The minimum absolute atomic E-state index is 0.299. The Morgan fingerprint density at radius 3 is 2.71 bits per heavy atom. The van der Waals surface area contributed by atoms with Crippen molar-refractivity contribution in [3.05, 3.63) is 59.2 Å². The van der Waals surface area contributed by atoms with E-state index in [-0.39, 0.29) is 0 Å². The first-order chi connectivity index (χ1) is 10.3. The van der Waals surface area contributed by atoms with Gasteiger partial charge in [-0.05, 0) is 54.3 Å². The second-order valence-electron chi connectivity index (χ2n) is 5.78. The van der Waals surface area contributed by atoms with E-state index in [4.69, 9.17) is 4.74 Å². The predicted molar refractivity (Wildman–Crippen MR) is 88.1 cm³/mol. The Morgan fingerprint density at radius 1 is 1.14 bits per heavy atom. The molecule has 110 valence electrons. The predicted octanol–water partition coefficient (Wildman–Crippen LogP) is 4.75. The fourth-order valence-electron chi connectivity index (χ4n) is 2.87. The smallest absolute Gasteiger partial charge is 0.122 e. The van der Waals surface area contributed by atoms with Crippen LogP contribution < -0.4 is 10.1 Å². The number of nitrogens with one attached hydrogen (secondary N) is 1. The highest BCUT2D eigenvalue weighted by Gasteiger charge is 2.14. The molecule has 0 saturated heterocycles. The van der Waals surface area contributed by atoms with Crippen molar-refractivity contribution in [3.63, 3.8) is 0 Å². The van der Waals surface area contributed by atoms with Crippen LogP contribution in [0.4, 0.5) is 5.69 Å². The van der Waals surface area contributed by atoms with Gasteiger partial charge in [-0.3, -0.25) is 0 Å². The summed E-state index contributed by atoms with van der Waals surface area (Å²) in [7, 11) is 0. The molecular formula is C19H23NO. The van der Waals surface area contributed by atoms with Crippen LogP contribution in [0.2, 0.25) is 0 Å². The van der Waals surface area contributed by atoms with Crippen molar-refractivity contribution in [2.24, 2.45) is 0 Å². The molecule has 0 aliphatic carbocycles. The molecule has 0 saturated carbocycles. The zero-order chi connectivity index (χ0) is 14.7. The van der Waals surface area contributed by atoms with Gasteiger partial charge in [-0.1, -0.05) is 31.5 Å². The van der Waals surface area contributed by atoms with Gasteiger partial charge in [0.25, 0.3) is 0 Å². The number of ether oxygens (including phenoxy) is 1. The van der Waals surface area contributed by atoms with Crippen LogP contribution in [0.3, 0.4) is 0 Å². The second-order valence-corrected chi connectivity index (χ2v) is 5.78. The standard InChI is InChI=1S/C19H23NO/c1-3-4-15-5-8-18(9-6-15)20-14(2)16-7-10-19-17(13-16)11-12-21-19/h5-10,13-14,20H,3-4,11-12H2,1-2H3. The van der Waals surface area contributed by atoms with E-state index >= 15 is 0 Å². The van der Waals surface area contributed by atoms with Gasteiger partial charge in [-0.2, -0.15) is 0 Å². The summed E-state index contributed by atoms with van der Waals surface area (Å²) in [5.74, 6) is 1.05. The Kier molecular flexibility index (Phi) is 4.14. The molecule has 0 amide bonds. The lowest BCUT2D eigenvalue weighted by molar-refractivity contribution is 0.357. The molecule has 0 bridgehead atoms. The number of rotatable bonds is 5. The first-order valence-electron chi connectivity index (χ1n) is 7.87. The Labute approximate surface area is 127 Å². The minimum Gasteiger partial charge on any atom is -0.493 e. The van der Waals surface area contributed by atoms with Gasteiger partial charge in [0.2, 0.25) is 0 Å². The largest absolute Gasteiger partial charge is 0.493 e. The van der Waals surface area contributed by atoms with Crippen LogP contribution in [0.25, 0.3) is 0 Å². The van der Waals surface area contributed by atoms with Crippen LogP contribution in [0, 0.1) is 0 Å². The molecule has 0 aromatic heterocycles. The number of fused-ring (bicyclic) bond motifs is 1. The average Bonchev–Trinajstić information content (AvgIpc) is 2.97. The molecule has 2 aromatic carbocycles. The molecule has 0 fully saturated rings. The summed E-state index contributed by atoms with van der Waals surface area (Å²) in [5.41, 5.74) is 5.24. The third kappa shape index (κ3) is 3.21. The van der Waals surface area contributed by atoms with Crippen LogP contribution in [0.15, 0.2) is 42.5 Å². The lowest BCUT2D eigenvalue weighted by atomic mass is 10.0. The molecule has 2 nitrogen and oxygen atoms in total. The number of hydrogen-bond acceptors (Lipinski definition) is 2. The molecule has 2 aromatic rings. The first kappa shape index (κ1) is 14.0. The van der Waals surface area contributed by atoms with Gasteiger partial charge in [-0.15, -0.1) is 0 Å². The summed E-state index contributed by atoms with van der Waals surface area (Å²) in [4.78, 5) is 0. The molecule has 21 heavy (non-hydrogen) atoms. The van der Waals surface area contributed by atoms with Gasteiger partial charge in [-0.25, -0.2) is 0 Å². The normalized spacial score (nSPS) is 14.4. The zero-order valence-corrected chi connectivity index (χ0v) is 12.9. The molecule has 0 radical (unpaired) electrons. The quantitative estimate of drug-likeness (QED) is 0.854. The van der Waals surface area contributed by atoms with Crippen molar-refractivity contribution in [1.29, 1.82) is 0 Å². The van der Waals surface area contributed by atoms with E-state index in [1.54, 1.807) is 0 Å². The molecule has 0 spiro atoms. The van der Waals surface area contributed by atoms with E-state index < -0.39 is 0 Å². The molecule has 1 heterocycles. The van der Waals surface area contributed by atoms with Crippen LogP contribution in [0.1, 0.15) is 43.0 Å². The van der Waals surface area contributed by atoms with E-state index in [1.807, 2.05) is 0 Å². The molecule has 1 N–H and O–H groups in total. The Hall–Kier alpha value is -1.96. The fourth-order valence-corrected chi connectivity index (χ4v) is 2.87. The zero-order valence-electron chi connectivity index (χ0n) is 12.9. The Bertz CT molecular complexity index is 603. The van der Waals surface area contributed by atoms with Gasteiger partial charge in [0.1, 0.15) is 5.75 Å². The summed E-state index contributed by atoms with van der Waals surface area (Å²) < 4.78 is 5.57. The monoisotopic (exact) mass is 281 g/mol. The van der Waals surface area contributed by atoms with Crippen LogP contribution in [0.5, 0.6) is 5.75 Å². The lowest BCUT2D eigenvalue weighted by Gasteiger charge is -2.17. The Morgan fingerprint density at radius 2 is 1.95 bits per heavy atom. The van der Waals surface area contributed by atoms with Crippen molar-refractivity contribution in [2.75, 3.05) is 11.9 Å². The second kappa shape index (κ2) is 6.21. The molecule has 2 heteroatoms. The maximum atomic E-state index is 5.57. The van der Waals surface area contributed by atoms with E-state index in [1.165, 1.54) is 28.8 Å². The third-order valence-corrected chi connectivity index (χ3v) is 4.09. The highest BCUT2D eigenvalue weighted by Crippen LogP contribution is 2.29. The maximum Gasteiger partial charge on any atom is 0.122 e. The van der Waals surface area contributed by atoms with Crippen LogP contribution in [-0.4, -0.2) is 6.61 Å². The summed E-state index contributed by atoms with van der Waals surface area (Å²) in [6.07, 6.45) is 3.38. The van der Waals surface area contributed by atoms with Gasteiger partial charge in [0, 0.05) is 18.2 Å². The molecule has 1 unspecified atom stereocenters. The molecule has 1 aliphatic heterocycles. The summed E-state index contributed by atoms with van der Waals surface area (Å²) in [6, 6.07) is 15.6. The molecule has 1 aliphatic rings. The SMILES string of the molecule is CCCc1ccc(NC(C)c2ccc3c(c2)CCO3)cc1. The van der Waals surface area contributed by atoms with E-state index in [9.17, 15) is 0 Å². The highest BCUT2D eigenvalue weighted by molar-refractivity contribution is 5.48. The van der Waals surface area contributed by atoms with Gasteiger partial charge < -0.3 is 10.1 Å². The first-order valence-corrected chi connectivity index (χ1v) is 7.87. The topological polar surface area (TPSA) is 21.3 Å². The van der Waals surface area contributed by atoms with E-state index in [0.29, 0.717) is 6.04 Å². The number of aryl methyl sites for hydroxylation is 1. The molecule has 1 atom stereocenters. The van der Waals surface area contributed by atoms with Crippen LogP contribution >= 0.6 is 0 Å². The van der Waals surface area contributed by atoms with E-state index in [0.717, 1.165) is 25.2 Å². The average molecular weight is 281 g/mol. The van der Waals surface area contributed by atoms with Crippen molar-refractivity contribution < 1.29 is 4.74 Å². The van der Waals surface area contributed by atoms with Crippen molar-refractivity contribution in [2.45, 2.75) is 39.2 Å². The summed E-state index contributed by atoms with van der Waals surface area (Å²) in [5, 5.41) is 3.58. The third-order valence-electron chi connectivity index (χ3n) is 4.09. The highest BCUT2D eigenvalue weighted by atomic mass is 16.5. The number of hydrogen-bond donors (Lipinski definition) is 1. The van der Waals surface area contributed by atoms with Crippen molar-refractivity contribution in [3.8, 4) is 5.75 Å². The van der Waals surface area contributed by atoms with Gasteiger partial charge in [0.15, 0.2) is 0 Å². The minimum atomic E-state index is 0.299. The van der Waals surface area contributed by atoms with Gasteiger partial charge in [0.05, 0.1) is 6.61 Å². The fraction of sp³-hybridized carbons (Fsp3) is 0.368.